The van der Waals surface area contributed by atoms with Crippen molar-refractivity contribution >= 4 is 23.5 Å². The molecule has 0 unspecified atom stereocenters. The molecule has 0 aromatic carbocycles. The second-order valence-corrected chi connectivity index (χ2v) is 4.57. The Balaban J connectivity index is 2.34. The van der Waals surface area contributed by atoms with Crippen molar-refractivity contribution in [2.75, 3.05) is 36.7 Å². The van der Waals surface area contributed by atoms with Crippen molar-refractivity contribution in [3.05, 3.63) is 11.9 Å². The molecule has 0 fully saturated rings. The van der Waals surface area contributed by atoms with Crippen LogP contribution in [0, 0.1) is 0 Å². The van der Waals surface area contributed by atoms with Crippen LogP contribution in [0.5, 0.6) is 0 Å². The van der Waals surface area contributed by atoms with Gasteiger partial charge in [0.05, 0.1) is 11.4 Å². The highest BCUT2D eigenvalue weighted by Gasteiger charge is 2.11. The van der Waals surface area contributed by atoms with Gasteiger partial charge < -0.3 is 15.5 Å². The largest absolute Gasteiger partial charge is 0.357 e. The van der Waals surface area contributed by atoms with E-state index in [1.807, 2.05) is 32.2 Å². The summed E-state index contributed by atoms with van der Waals surface area (Å²) in [5.41, 5.74) is 1.89. The second kappa shape index (κ2) is 5.72. The van der Waals surface area contributed by atoms with Gasteiger partial charge in [-0.2, -0.15) is 20.1 Å². The number of anilines is 4. The number of nitrogens with zero attached hydrogens (tertiary/aromatic N) is 6. The number of aryl methyl sites for hydroxylation is 2. The van der Waals surface area contributed by atoms with Crippen LogP contribution in [0.3, 0.4) is 0 Å². The summed E-state index contributed by atoms with van der Waals surface area (Å²) < 4.78 is 1.77. The minimum absolute atomic E-state index is 0.496. The van der Waals surface area contributed by atoms with E-state index in [-0.39, 0.29) is 0 Å². The zero-order chi connectivity index (χ0) is 14.7. The Hall–Kier alpha value is -2.38. The van der Waals surface area contributed by atoms with Gasteiger partial charge in [0.2, 0.25) is 17.8 Å². The first kappa shape index (κ1) is 14.0. The van der Waals surface area contributed by atoms with Crippen molar-refractivity contribution in [1.29, 1.82) is 0 Å². The maximum Gasteiger partial charge on any atom is 0.233 e. The summed E-state index contributed by atoms with van der Waals surface area (Å²) in [6, 6.07) is 0. The van der Waals surface area contributed by atoms with Crippen LogP contribution in [0.15, 0.2) is 6.20 Å². The molecule has 0 aliphatic carbocycles. The molecule has 0 bridgehead atoms. The molecule has 0 spiro atoms. The summed E-state index contributed by atoms with van der Waals surface area (Å²) in [6.45, 7) is 2.06. The first-order chi connectivity index (χ1) is 9.53. The van der Waals surface area contributed by atoms with E-state index in [2.05, 4.69) is 37.6 Å². The smallest absolute Gasteiger partial charge is 0.233 e. The standard InChI is InChI=1S/C12H20N8/c1-6-8-9(7-20(5)18-8)14-11-15-10(13-2)16-12(17-11)19(3)4/h7H,6H2,1-5H3,(H2,13,14,15,16,17). The van der Waals surface area contributed by atoms with Crippen molar-refractivity contribution in [3.63, 3.8) is 0 Å². The lowest BCUT2D eigenvalue weighted by atomic mass is 10.3. The monoisotopic (exact) mass is 276 g/mol. The van der Waals surface area contributed by atoms with Crippen LogP contribution in [-0.2, 0) is 13.5 Å². The molecule has 2 heterocycles. The molecule has 0 amide bonds. The van der Waals surface area contributed by atoms with Gasteiger partial charge in [-0.1, -0.05) is 6.92 Å². The Labute approximate surface area is 118 Å². The highest BCUT2D eigenvalue weighted by Crippen LogP contribution is 2.19. The second-order valence-electron chi connectivity index (χ2n) is 4.57. The van der Waals surface area contributed by atoms with E-state index in [1.165, 1.54) is 0 Å². The van der Waals surface area contributed by atoms with Crippen LogP contribution >= 0.6 is 0 Å². The topological polar surface area (TPSA) is 83.8 Å². The average molecular weight is 276 g/mol. The third-order valence-electron chi connectivity index (χ3n) is 2.73. The van der Waals surface area contributed by atoms with E-state index < -0.39 is 0 Å². The third-order valence-corrected chi connectivity index (χ3v) is 2.73. The lowest BCUT2D eigenvalue weighted by molar-refractivity contribution is 0.746. The van der Waals surface area contributed by atoms with E-state index in [9.17, 15) is 0 Å². The minimum atomic E-state index is 0.496. The zero-order valence-corrected chi connectivity index (χ0v) is 12.5. The van der Waals surface area contributed by atoms with Crippen LogP contribution in [0.4, 0.5) is 23.5 Å². The minimum Gasteiger partial charge on any atom is -0.357 e. The van der Waals surface area contributed by atoms with Crippen molar-refractivity contribution in [3.8, 4) is 0 Å². The molecule has 0 aliphatic rings. The molecule has 108 valence electrons. The number of nitrogens with one attached hydrogen (secondary N) is 2. The Kier molecular flexibility index (Phi) is 4.02. The molecule has 0 radical (unpaired) electrons. The van der Waals surface area contributed by atoms with Gasteiger partial charge in [0.25, 0.3) is 0 Å². The Morgan fingerprint density at radius 2 is 1.90 bits per heavy atom. The van der Waals surface area contributed by atoms with E-state index in [0.29, 0.717) is 17.8 Å². The van der Waals surface area contributed by atoms with Crippen molar-refractivity contribution in [2.24, 2.45) is 7.05 Å². The number of aromatic nitrogens is 5. The maximum atomic E-state index is 4.38. The molecular weight excluding hydrogens is 256 g/mol. The fourth-order valence-electron chi connectivity index (χ4n) is 1.75. The summed E-state index contributed by atoms with van der Waals surface area (Å²) in [4.78, 5) is 14.8. The molecule has 2 aromatic rings. The number of rotatable bonds is 5. The molecule has 20 heavy (non-hydrogen) atoms. The van der Waals surface area contributed by atoms with Gasteiger partial charge in [0.15, 0.2) is 0 Å². The molecule has 2 rings (SSSR count). The fourth-order valence-corrected chi connectivity index (χ4v) is 1.75. The molecular formula is C12H20N8. The van der Waals surface area contributed by atoms with Gasteiger partial charge >= 0.3 is 0 Å². The van der Waals surface area contributed by atoms with Crippen molar-refractivity contribution in [1.82, 2.24) is 24.7 Å². The van der Waals surface area contributed by atoms with Crippen LogP contribution < -0.4 is 15.5 Å². The van der Waals surface area contributed by atoms with Gasteiger partial charge in [0.1, 0.15) is 0 Å². The molecule has 2 aromatic heterocycles. The summed E-state index contributed by atoms with van der Waals surface area (Å²) in [5.74, 6) is 1.61. The van der Waals surface area contributed by atoms with Crippen molar-refractivity contribution < 1.29 is 0 Å². The zero-order valence-electron chi connectivity index (χ0n) is 12.5. The van der Waals surface area contributed by atoms with Gasteiger partial charge in [-0.25, -0.2) is 0 Å². The Morgan fingerprint density at radius 1 is 1.20 bits per heavy atom. The SMILES string of the molecule is CCc1nn(C)cc1Nc1nc(NC)nc(N(C)C)n1. The molecule has 8 heteroatoms. The molecule has 0 aliphatic heterocycles. The average Bonchev–Trinajstić information content (AvgIpc) is 2.78. The fraction of sp³-hybridized carbons (Fsp3) is 0.500. The molecule has 8 nitrogen and oxygen atoms in total. The highest BCUT2D eigenvalue weighted by molar-refractivity contribution is 5.57. The van der Waals surface area contributed by atoms with E-state index in [1.54, 1.807) is 11.7 Å². The van der Waals surface area contributed by atoms with Crippen LogP contribution in [-0.4, -0.2) is 45.9 Å². The first-order valence-electron chi connectivity index (χ1n) is 6.44. The van der Waals surface area contributed by atoms with Gasteiger partial charge in [-0.3, -0.25) is 4.68 Å². The normalized spacial score (nSPS) is 10.4. The van der Waals surface area contributed by atoms with Gasteiger partial charge in [0, 0.05) is 34.4 Å². The number of hydrogen-bond donors (Lipinski definition) is 2. The van der Waals surface area contributed by atoms with Gasteiger partial charge in [-0.05, 0) is 6.42 Å². The number of hydrogen-bond acceptors (Lipinski definition) is 7. The van der Waals surface area contributed by atoms with E-state index in [0.717, 1.165) is 17.8 Å². The van der Waals surface area contributed by atoms with Crippen LogP contribution in [0.25, 0.3) is 0 Å². The molecule has 0 atom stereocenters. The summed E-state index contributed by atoms with van der Waals surface area (Å²) in [7, 11) is 7.45. The van der Waals surface area contributed by atoms with E-state index in [4.69, 9.17) is 0 Å². The van der Waals surface area contributed by atoms with Crippen molar-refractivity contribution in [2.45, 2.75) is 13.3 Å². The first-order valence-corrected chi connectivity index (χ1v) is 6.44. The quantitative estimate of drug-likeness (QED) is 0.843. The molecule has 2 N–H and O–H groups in total. The predicted octanol–water partition coefficient (Wildman–Crippen LogP) is 1.02. The van der Waals surface area contributed by atoms with Crippen LogP contribution in [0.2, 0.25) is 0 Å². The lowest BCUT2D eigenvalue weighted by Crippen LogP contribution is -2.15. The maximum absolute atomic E-state index is 4.38. The summed E-state index contributed by atoms with van der Waals surface area (Å²) >= 11 is 0. The highest BCUT2D eigenvalue weighted by atomic mass is 15.3. The summed E-state index contributed by atoms with van der Waals surface area (Å²) in [6.07, 6.45) is 2.75. The lowest BCUT2D eigenvalue weighted by Gasteiger charge is -2.13. The molecule has 0 saturated heterocycles. The third kappa shape index (κ3) is 2.95. The Bertz CT molecular complexity index is 589. The van der Waals surface area contributed by atoms with Gasteiger partial charge in [-0.15, -0.1) is 0 Å². The van der Waals surface area contributed by atoms with Crippen LogP contribution in [0.1, 0.15) is 12.6 Å². The molecule has 0 saturated carbocycles. The van der Waals surface area contributed by atoms with E-state index >= 15 is 0 Å². The summed E-state index contributed by atoms with van der Waals surface area (Å²) in [5, 5.41) is 10.5. The predicted molar refractivity (Wildman–Crippen MR) is 79.6 cm³/mol. The Morgan fingerprint density at radius 3 is 2.50 bits per heavy atom.